The summed E-state index contributed by atoms with van der Waals surface area (Å²) < 4.78 is 6.96. The Kier molecular flexibility index (Phi) is 5.71. The molecule has 2 heterocycles. The molecule has 8 heteroatoms. The van der Waals surface area contributed by atoms with Crippen molar-refractivity contribution in [2.24, 2.45) is 10.9 Å². The molecule has 0 aliphatic carbocycles. The summed E-state index contributed by atoms with van der Waals surface area (Å²) in [5.74, 6) is -0.718. The molecule has 136 valence electrons. The molecule has 2 rings (SSSR count). The Labute approximate surface area is 147 Å². The number of allylic oxidation sites excluding steroid dienone is 1. The van der Waals surface area contributed by atoms with E-state index in [0.717, 1.165) is 10.5 Å². The summed E-state index contributed by atoms with van der Waals surface area (Å²) >= 11 is 0. The summed E-state index contributed by atoms with van der Waals surface area (Å²) in [6.07, 6.45) is 1.59. The first kappa shape index (κ1) is 18.8. The second-order valence-electron chi connectivity index (χ2n) is 5.86. The van der Waals surface area contributed by atoms with Crippen LogP contribution in [0.2, 0.25) is 0 Å². The Bertz CT molecular complexity index is 689. The van der Waals surface area contributed by atoms with Crippen molar-refractivity contribution in [2.75, 3.05) is 33.3 Å². The summed E-state index contributed by atoms with van der Waals surface area (Å²) in [5, 5.41) is 0. The molecule has 8 nitrogen and oxygen atoms in total. The van der Waals surface area contributed by atoms with Gasteiger partial charge in [0.25, 0.3) is 11.7 Å². The lowest BCUT2D eigenvalue weighted by atomic mass is 9.96. The van der Waals surface area contributed by atoms with E-state index in [4.69, 9.17) is 4.74 Å². The molecule has 1 unspecified atom stereocenters. The topological polar surface area (TPSA) is 82.3 Å². The standard InChI is InChI=1S/C17H25N4O4/c1-6-20(7-2)12(22)10-21-16(23)13-14(25-8-3)11(4)9-18-15(13)19(5)17(21)24/h9,13H,6-8,10H2,1-5H3/q+1. The first-order valence-electron chi connectivity index (χ1n) is 8.48. The third kappa shape index (κ3) is 3.33. The highest BCUT2D eigenvalue weighted by Gasteiger charge is 2.51. The van der Waals surface area contributed by atoms with Crippen LogP contribution < -0.4 is 0 Å². The maximum Gasteiger partial charge on any atom is 0.446 e. The van der Waals surface area contributed by atoms with E-state index < -0.39 is 17.9 Å². The molecular formula is C17H25N4O4+. The van der Waals surface area contributed by atoms with Gasteiger partial charge in [-0.15, -0.1) is 4.99 Å². The summed E-state index contributed by atoms with van der Waals surface area (Å²) in [4.78, 5) is 44.8. The van der Waals surface area contributed by atoms with Gasteiger partial charge in [-0.25, -0.2) is 4.79 Å². The molecule has 25 heavy (non-hydrogen) atoms. The minimum Gasteiger partial charge on any atom is -0.496 e. The number of amidine groups is 1. The maximum atomic E-state index is 13.0. The molecule has 0 N–H and O–H groups in total. The Balaban J connectivity index is 2.40. The van der Waals surface area contributed by atoms with Crippen LogP contribution in [0, 0.1) is 5.92 Å². The van der Waals surface area contributed by atoms with E-state index in [1.54, 1.807) is 25.1 Å². The first-order valence-corrected chi connectivity index (χ1v) is 8.48. The number of imide groups is 1. The second-order valence-corrected chi connectivity index (χ2v) is 5.86. The van der Waals surface area contributed by atoms with Crippen molar-refractivity contribution < 1.29 is 23.7 Å². The Morgan fingerprint density at radius 3 is 2.52 bits per heavy atom. The van der Waals surface area contributed by atoms with Gasteiger partial charge >= 0.3 is 11.9 Å². The quantitative estimate of drug-likeness (QED) is 0.666. The average Bonchev–Trinajstić information content (AvgIpc) is 2.59. The lowest BCUT2D eigenvalue weighted by Gasteiger charge is -2.30. The van der Waals surface area contributed by atoms with Crippen LogP contribution in [0.4, 0.5) is 4.79 Å². The molecule has 0 spiro atoms. The molecule has 2 aliphatic rings. The molecule has 0 aromatic rings. The maximum absolute atomic E-state index is 13.0. The average molecular weight is 349 g/mol. The monoisotopic (exact) mass is 349 g/mol. The minimum absolute atomic E-state index is 0.262. The van der Waals surface area contributed by atoms with Crippen LogP contribution in [0.5, 0.6) is 0 Å². The van der Waals surface area contributed by atoms with Crippen LogP contribution in [-0.4, -0.2) is 77.6 Å². The number of aliphatic imine (C=N–C) groups is 1. The zero-order valence-electron chi connectivity index (χ0n) is 15.4. The van der Waals surface area contributed by atoms with E-state index in [9.17, 15) is 14.4 Å². The SMILES string of the molecule is CCOC1=C(C)C=NC2=[N+](C)C(=O)N(CC(=O)N(CC)CC)C(=O)C12. The summed E-state index contributed by atoms with van der Waals surface area (Å²) in [7, 11) is 1.55. The number of hydrogen-bond donors (Lipinski definition) is 0. The van der Waals surface area contributed by atoms with Crippen LogP contribution in [-0.2, 0) is 14.3 Å². The third-order valence-corrected chi connectivity index (χ3v) is 4.38. The van der Waals surface area contributed by atoms with Gasteiger partial charge < -0.3 is 9.64 Å². The van der Waals surface area contributed by atoms with Gasteiger partial charge in [-0.3, -0.25) is 9.59 Å². The van der Waals surface area contributed by atoms with Crippen LogP contribution in [0.15, 0.2) is 16.3 Å². The Morgan fingerprint density at radius 1 is 1.32 bits per heavy atom. The van der Waals surface area contributed by atoms with E-state index >= 15 is 0 Å². The van der Waals surface area contributed by atoms with Crippen molar-refractivity contribution in [3.8, 4) is 0 Å². The molecule has 0 bridgehead atoms. The molecule has 0 fully saturated rings. The number of ether oxygens (including phenoxy) is 1. The number of rotatable bonds is 6. The number of likely N-dealkylation sites (N-methyl/N-ethyl adjacent to an activating group) is 1. The molecule has 0 saturated heterocycles. The molecular weight excluding hydrogens is 324 g/mol. The number of dihydropyridines is 1. The zero-order chi connectivity index (χ0) is 18.7. The zero-order valence-corrected chi connectivity index (χ0v) is 15.4. The first-order chi connectivity index (χ1) is 11.9. The van der Waals surface area contributed by atoms with Gasteiger partial charge in [0.1, 0.15) is 12.0 Å². The van der Waals surface area contributed by atoms with Gasteiger partial charge in [-0.05, 0) is 27.7 Å². The van der Waals surface area contributed by atoms with Crippen molar-refractivity contribution in [1.29, 1.82) is 0 Å². The smallest absolute Gasteiger partial charge is 0.446 e. The van der Waals surface area contributed by atoms with Gasteiger partial charge in [-0.2, -0.15) is 9.48 Å². The summed E-state index contributed by atoms with van der Waals surface area (Å²) in [6, 6.07) is -0.552. The molecule has 1 atom stereocenters. The molecule has 0 aromatic carbocycles. The van der Waals surface area contributed by atoms with Crippen molar-refractivity contribution >= 4 is 29.9 Å². The molecule has 0 aromatic heterocycles. The lowest BCUT2D eigenvalue weighted by molar-refractivity contribution is -0.408. The van der Waals surface area contributed by atoms with Gasteiger partial charge in [0.05, 0.1) is 13.7 Å². The van der Waals surface area contributed by atoms with Crippen molar-refractivity contribution in [3.05, 3.63) is 11.3 Å². The lowest BCUT2D eigenvalue weighted by Crippen LogP contribution is -2.57. The van der Waals surface area contributed by atoms with Crippen molar-refractivity contribution in [2.45, 2.75) is 27.7 Å². The molecule has 0 saturated carbocycles. The predicted molar refractivity (Wildman–Crippen MR) is 92.5 cm³/mol. The van der Waals surface area contributed by atoms with Crippen LogP contribution >= 0.6 is 0 Å². The van der Waals surface area contributed by atoms with Gasteiger partial charge in [0.2, 0.25) is 0 Å². The number of nitrogens with zero attached hydrogens (tertiary/aromatic N) is 4. The van der Waals surface area contributed by atoms with E-state index in [1.165, 1.54) is 4.58 Å². The second kappa shape index (κ2) is 7.58. The number of amides is 4. The minimum atomic E-state index is -0.794. The molecule has 4 amide bonds. The number of fused-ring (bicyclic) bond motifs is 1. The number of carbonyl (C=O) groups is 3. The largest absolute Gasteiger partial charge is 0.496 e. The molecule has 0 radical (unpaired) electrons. The van der Waals surface area contributed by atoms with Crippen molar-refractivity contribution in [1.82, 2.24) is 9.80 Å². The van der Waals surface area contributed by atoms with Crippen LogP contribution in [0.1, 0.15) is 27.7 Å². The Hall–Kier alpha value is -2.51. The fourth-order valence-electron chi connectivity index (χ4n) is 2.99. The Morgan fingerprint density at radius 2 is 1.96 bits per heavy atom. The van der Waals surface area contributed by atoms with E-state index in [2.05, 4.69) is 4.99 Å². The summed E-state index contributed by atoms with van der Waals surface area (Å²) in [5.41, 5.74) is 0.738. The van der Waals surface area contributed by atoms with Crippen molar-refractivity contribution in [3.63, 3.8) is 0 Å². The summed E-state index contributed by atoms with van der Waals surface area (Å²) in [6.45, 7) is 8.51. The third-order valence-electron chi connectivity index (χ3n) is 4.38. The van der Waals surface area contributed by atoms with Crippen LogP contribution in [0.3, 0.4) is 0 Å². The van der Waals surface area contributed by atoms with Gasteiger partial charge in [0, 0.05) is 18.7 Å². The van der Waals surface area contributed by atoms with Crippen LogP contribution in [0.25, 0.3) is 0 Å². The fraction of sp³-hybridized carbons (Fsp3) is 0.588. The fourth-order valence-corrected chi connectivity index (χ4v) is 2.99. The highest BCUT2D eigenvalue weighted by Crippen LogP contribution is 2.27. The van der Waals surface area contributed by atoms with E-state index in [1.807, 2.05) is 20.8 Å². The molecule has 2 aliphatic heterocycles. The predicted octanol–water partition coefficient (Wildman–Crippen LogP) is 0.869. The number of carbonyl (C=O) groups excluding carboxylic acids is 3. The van der Waals surface area contributed by atoms with Gasteiger partial charge in [-0.1, -0.05) is 0 Å². The number of urea groups is 1. The number of hydrogen-bond acceptors (Lipinski definition) is 5. The highest BCUT2D eigenvalue weighted by molar-refractivity contribution is 6.16. The van der Waals surface area contributed by atoms with E-state index in [-0.39, 0.29) is 12.5 Å². The highest BCUT2D eigenvalue weighted by atomic mass is 16.5. The normalized spacial score (nSPS) is 20.2. The van der Waals surface area contributed by atoms with E-state index in [0.29, 0.717) is 31.3 Å². The van der Waals surface area contributed by atoms with Gasteiger partial charge in [0.15, 0.2) is 12.5 Å².